The van der Waals surface area contributed by atoms with Crippen LogP contribution in [0, 0.1) is 0 Å². The van der Waals surface area contributed by atoms with E-state index < -0.39 is 0 Å². The highest BCUT2D eigenvalue weighted by molar-refractivity contribution is 5.24. The molecule has 3 aliphatic heterocycles. The van der Waals surface area contributed by atoms with Crippen molar-refractivity contribution in [1.29, 1.82) is 0 Å². The summed E-state index contributed by atoms with van der Waals surface area (Å²) in [6, 6.07) is 22.7. The number of halogens is 2. The van der Waals surface area contributed by atoms with Crippen LogP contribution in [0.2, 0.25) is 0 Å². The summed E-state index contributed by atoms with van der Waals surface area (Å²) in [6.45, 7) is 4.63. The Balaban J connectivity index is 0.00000147. The van der Waals surface area contributed by atoms with Gasteiger partial charge in [0.2, 0.25) is 12.7 Å². The SMILES string of the molecule is C[C@@]1([n+]2cc3n(c2)C(c2ccccc2)CC3)C=CC[C@@](C)([n+]2cc3n(c2)C(c2ccccc2)CC3)N1.[Br-].[Br-]. The van der Waals surface area contributed by atoms with Crippen molar-refractivity contribution in [3.8, 4) is 0 Å². The molecule has 7 rings (SSSR count). The van der Waals surface area contributed by atoms with E-state index in [9.17, 15) is 0 Å². The summed E-state index contributed by atoms with van der Waals surface area (Å²) < 4.78 is 9.76. The average Bonchev–Trinajstić information content (AvgIpc) is 3.65. The molecule has 0 saturated heterocycles. The number of benzene rings is 2. The third kappa shape index (κ3) is 4.42. The van der Waals surface area contributed by atoms with Crippen LogP contribution in [0.25, 0.3) is 0 Å². The van der Waals surface area contributed by atoms with Crippen LogP contribution in [-0.2, 0) is 24.2 Å². The molecule has 7 heteroatoms. The number of nitrogens with one attached hydrogen (secondary N) is 1. The molecular weight excluding hydrogens is 602 g/mol. The van der Waals surface area contributed by atoms with Crippen molar-refractivity contribution >= 4 is 0 Å². The van der Waals surface area contributed by atoms with Gasteiger partial charge >= 0.3 is 0 Å². The van der Waals surface area contributed by atoms with E-state index in [0.29, 0.717) is 12.1 Å². The molecule has 0 spiro atoms. The van der Waals surface area contributed by atoms with Gasteiger partial charge in [0.05, 0.1) is 0 Å². The van der Waals surface area contributed by atoms with E-state index in [1.54, 1.807) is 0 Å². The molecular formula is C31H35Br2N5. The van der Waals surface area contributed by atoms with Crippen molar-refractivity contribution in [2.24, 2.45) is 0 Å². The van der Waals surface area contributed by atoms with Crippen LogP contribution in [0.3, 0.4) is 0 Å². The normalized spacial score (nSPS) is 27.3. The van der Waals surface area contributed by atoms with Crippen molar-refractivity contribution in [2.45, 2.75) is 69.4 Å². The van der Waals surface area contributed by atoms with E-state index in [1.165, 1.54) is 35.4 Å². The summed E-state index contributed by atoms with van der Waals surface area (Å²) >= 11 is 0. The van der Waals surface area contributed by atoms with Gasteiger partial charge < -0.3 is 34.0 Å². The maximum atomic E-state index is 4.04. The number of hydrogen-bond donors (Lipinski definition) is 1. The lowest BCUT2D eigenvalue weighted by molar-refractivity contribution is -0.806. The molecule has 3 aliphatic rings. The first-order valence-electron chi connectivity index (χ1n) is 13.3. The number of nitrogens with zero attached hydrogens (tertiary/aromatic N) is 4. The first-order chi connectivity index (χ1) is 17.5. The zero-order chi connectivity index (χ0) is 24.3. The van der Waals surface area contributed by atoms with Crippen LogP contribution in [-0.4, -0.2) is 9.13 Å². The molecule has 2 unspecified atom stereocenters. The molecule has 38 heavy (non-hydrogen) atoms. The summed E-state index contributed by atoms with van der Waals surface area (Å²) in [6.07, 6.45) is 19.6. The Bertz CT molecular complexity index is 1440. The molecule has 4 aromatic rings. The Hall–Kier alpha value is -2.48. The lowest BCUT2D eigenvalue weighted by atomic mass is 9.97. The van der Waals surface area contributed by atoms with E-state index in [1.807, 2.05) is 0 Å². The Kier molecular flexibility index (Phi) is 7.31. The lowest BCUT2D eigenvalue weighted by Crippen LogP contribution is -3.00. The second-order valence-electron chi connectivity index (χ2n) is 11.2. The van der Waals surface area contributed by atoms with Gasteiger partial charge in [-0.05, 0) is 31.1 Å². The van der Waals surface area contributed by atoms with Gasteiger partial charge in [-0.15, -0.1) is 0 Å². The summed E-state index contributed by atoms with van der Waals surface area (Å²) in [5.41, 5.74) is 5.12. The van der Waals surface area contributed by atoms with Crippen LogP contribution in [0.15, 0.2) is 97.9 Å². The zero-order valence-electron chi connectivity index (χ0n) is 22.0. The number of rotatable bonds is 4. The first kappa shape index (κ1) is 27.1. The van der Waals surface area contributed by atoms with Crippen molar-refractivity contribution in [2.75, 3.05) is 0 Å². The van der Waals surface area contributed by atoms with Gasteiger partial charge in [0.1, 0.15) is 35.9 Å². The van der Waals surface area contributed by atoms with E-state index in [2.05, 4.69) is 135 Å². The van der Waals surface area contributed by atoms with Crippen molar-refractivity contribution in [1.82, 2.24) is 14.5 Å². The standard InChI is InChI=1S/C31H35N5.2BrH/c1-30(33-20-26-14-16-28(35(26)22-33)24-10-5-3-6-11-24)18-9-19-31(2,32-30)34-21-27-15-17-29(36(27)23-34)25-12-7-4-8-13-25;;/h3-13,18,20-23,28-29,32H,14-17,19H2,1-2H3;2*1H/q+2;;/p-2/t28?,29?,30-,31-;;/m1../s1. The average molecular weight is 637 g/mol. The van der Waals surface area contributed by atoms with Crippen LogP contribution in [0.1, 0.15) is 67.7 Å². The van der Waals surface area contributed by atoms with Gasteiger partial charge in [0, 0.05) is 32.1 Å². The number of imidazole rings is 2. The van der Waals surface area contributed by atoms with Crippen LogP contribution < -0.4 is 48.4 Å². The summed E-state index contributed by atoms with van der Waals surface area (Å²) in [5, 5.41) is 4.04. The molecule has 0 aliphatic carbocycles. The van der Waals surface area contributed by atoms with Crippen molar-refractivity contribution < 1.29 is 43.1 Å². The number of aromatic nitrogens is 4. The fraction of sp³-hybridized carbons (Fsp3) is 0.355. The van der Waals surface area contributed by atoms with Crippen molar-refractivity contribution in [3.05, 3.63) is 120 Å². The highest BCUT2D eigenvalue weighted by Crippen LogP contribution is 2.34. The van der Waals surface area contributed by atoms with Gasteiger partial charge in [-0.1, -0.05) is 66.7 Å². The Morgan fingerprint density at radius 2 is 1.24 bits per heavy atom. The van der Waals surface area contributed by atoms with E-state index in [4.69, 9.17) is 0 Å². The molecule has 5 heterocycles. The minimum Gasteiger partial charge on any atom is -1.00 e. The van der Waals surface area contributed by atoms with Gasteiger partial charge in [-0.2, -0.15) is 0 Å². The van der Waals surface area contributed by atoms with Gasteiger partial charge in [0.25, 0.3) is 0 Å². The van der Waals surface area contributed by atoms with E-state index in [0.717, 1.165) is 19.3 Å². The quantitative estimate of drug-likeness (QED) is 0.216. The molecule has 0 bridgehead atoms. The molecule has 0 amide bonds. The second kappa shape index (κ2) is 10.2. The predicted molar refractivity (Wildman–Crippen MR) is 139 cm³/mol. The molecule has 1 N–H and O–H groups in total. The fourth-order valence-corrected chi connectivity index (χ4v) is 6.74. The van der Waals surface area contributed by atoms with E-state index in [-0.39, 0.29) is 45.3 Å². The Labute approximate surface area is 246 Å². The summed E-state index contributed by atoms with van der Waals surface area (Å²) in [5.74, 6) is 0. The van der Waals surface area contributed by atoms with E-state index >= 15 is 0 Å². The molecule has 4 atom stereocenters. The summed E-state index contributed by atoms with van der Waals surface area (Å²) in [7, 11) is 0. The highest BCUT2D eigenvalue weighted by atomic mass is 79.9. The molecule has 0 radical (unpaired) electrons. The molecule has 198 valence electrons. The Morgan fingerprint density at radius 3 is 1.79 bits per heavy atom. The third-order valence-electron chi connectivity index (χ3n) is 8.71. The molecule has 0 saturated carbocycles. The van der Waals surface area contributed by atoms with Crippen LogP contribution >= 0.6 is 0 Å². The highest BCUT2D eigenvalue weighted by Gasteiger charge is 2.46. The molecule has 2 aromatic heterocycles. The topological polar surface area (TPSA) is 29.6 Å². The smallest absolute Gasteiger partial charge is 0.246 e. The third-order valence-corrected chi connectivity index (χ3v) is 8.71. The van der Waals surface area contributed by atoms with Crippen LogP contribution in [0.4, 0.5) is 0 Å². The second-order valence-corrected chi connectivity index (χ2v) is 11.2. The monoisotopic (exact) mass is 635 g/mol. The first-order valence-corrected chi connectivity index (χ1v) is 13.3. The Morgan fingerprint density at radius 1 is 0.737 bits per heavy atom. The van der Waals surface area contributed by atoms with Gasteiger partial charge in [-0.25, -0.2) is 23.6 Å². The number of hydrogen-bond acceptors (Lipinski definition) is 1. The zero-order valence-corrected chi connectivity index (χ0v) is 25.1. The lowest BCUT2D eigenvalue weighted by Gasteiger charge is -2.38. The predicted octanol–water partition coefficient (Wildman–Crippen LogP) is -1.46. The number of fused-ring (bicyclic) bond motifs is 2. The van der Waals surface area contributed by atoms with Gasteiger partial charge in [-0.3, -0.25) is 0 Å². The molecule has 2 aromatic carbocycles. The molecule has 0 fully saturated rings. The maximum Gasteiger partial charge on any atom is 0.246 e. The van der Waals surface area contributed by atoms with Gasteiger partial charge in [0.15, 0.2) is 11.3 Å². The molecule has 5 nitrogen and oxygen atoms in total. The fourth-order valence-electron chi connectivity index (χ4n) is 6.74. The minimum absolute atomic E-state index is 0. The van der Waals surface area contributed by atoms with Crippen LogP contribution in [0.5, 0.6) is 0 Å². The number of aryl methyl sites for hydroxylation is 2. The van der Waals surface area contributed by atoms with Crippen molar-refractivity contribution in [3.63, 3.8) is 0 Å². The minimum atomic E-state index is -0.302. The maximum absolute atomic E-state index is 4.04. The largest absolute Gasteiger partial charge is 1.00 e. The summed E-state index contributed by atoms with van der Waals surface area (Å²) in [4.78, 5) is 0.